The van der Waals surface area contributed by atoms with Gasteiger partial charge in [0.1, 0.15) is 5.56 Å². The Morgan fingerprint density at radius 2 is 2.05 bits per heavy atom. The highest BCUT2D eigenvalue weighted by atomic mass is 32.2. The third-order valence-corrected chi connectivity index (χ3v) is 4.99. The second-order valence-corrected chi connectivity index (χ2v) is 7.36. The number of benzene rings is 1. The summed E-state index contributed by atoms with van der Waals surface area (Å²) in [7, 11) is -1.02. The smallest absolute Gasteiger partial charge is 0.256 e. The van der Waals surface area contributed by atoms with Crippen LogP contribution in [0.5, 0.6) is 0 Å². The lowest BCUT2D eigenvalue weighted by Gasteiger charge is -2.10. The van der Waals surface area contributed by atoms with E-state index in [1.807, 2.05) is 19.9 Å². The van der Waals surface area contributed by atoms with Crippen LogP contribution in [0, 0.1) is 13.8 Å². The second-order valence-electron chi connectivity index (χ2n) is 5.56. The van der Waals surface area contributed by atoms with Crippen LogP contribution in [0.25, 0.3) is 10.9 Å². The Hall–Kier alpha value is -1.95. The molecule has 0 fully saturated rings. The van der Waals surface area contributed by atoms with E-state index in [0.717, 1.165) is 16.6 Å². The van der Waals surface area contributed by atoms with Gasteiger partial charge in [-0.1, -0.05) is 6.07 Å². The number of carbonyl (C=O) groups is 1. The van der Waals surface area contributed by atoms with Gasteiger partial charge in [0, 0.05) is 40.4 Å². The first-order chi connectivity index (χ1) is 10.3. The van der Waals surface area contributed by atoms with E-state index in [1.54, 1.807) is 19.2 Å². The van der Waals surface area contributed by atoms with Gasteiger partial charge in [0.15, 0.2) is 0 Å². The molecule has 0 aliphatic rings. The van der Waals surface area contributed by atoms with Crippen LogP contribution >= 0.6 is 0 Å². The second kappa shape index (κ2) is 6.44. The van der Waals surface area contributed by atoms with Gasteiger partial charge in [-0.15, -0.1) is 0 Å². The maximum absolute atomic E-state index is 12.5. The number of hydrogen-bond donors (Lipinski definition) is 2. The summed E-state index contributed by atoms with van der Waals surface area (Å²) < 4.78 is 11.3. The van der Waals surface area contributed by atoms with Gasteiger partial charge in [-0.3, -0.25) is 13.8 Å². The van der Waals surface area contributed by atoms with Gasteiger partial charge in [-0.2, -0.15) is 0 Å². The van der Waals surface area contributed by atoms with Gasteiger partial charge < -0.3 is 10.3 Å². The monoisotopic (exact) mass is 320 g/mol. The molecule has 2 aromatic rings. The molecular weight excluding hydrogens is 300 g/mol. The van der Waals surface area contributed by atoms with Crippen LogP contribution in [-0.4, -0.2) is 33.2 Å². The van der Waals surface area contributed by atoms with Gasteiger partial charge in [0.2, 0.25) is 5.43 Å². The highest BCUT2D eigenvalue weighted by molar-refractivity contribution is 7.84. The molecule has 0 saturated heterocycles. The molecule has 5 nitrogen and oxygen atoms in total. The van der Waals surface area contributed by atoms with E-state index >= 15 is 0 Å². The fraction of sp³-hybridized carbons (Fsp3) is 0.375. The van der Waals surface area contributed by atoms with Gasteiger partial charge in [0.05, 0.1) is 5.52 Å². The van der Waals surface area contributed by atoms with Crippen LogP contribution in [0.15, 0.2) is 23.1 Å². The quantitative estimate of drug-likeness (QED) is 0.899. The van der Waals surface area contributed by atoms with E-state index in [1.165, 1.54) is 6.20 Å². The minimum Gasteiger partial charge on any atom is -0.360 e. The van der Waals surface area contributed by atoms with Crippen LogP contribution in [-0.2, 0) is 10.8 Å². The first-order valence-corrected chi connectivity index (χ1v) is 8.66. The van der Waals surface area contributed by atoms with Crippen molar-refractivity contribution in [1.29, 1.82) is 0 Å². The third kappa shape index (κ3) is 3.27. The molecule has 0 saturated carbocycles. The van der Waals surface area contributed by atoms with Crippen molar-refractivity contribution in [2.24, 2.45) is 0 Å². The van der Waals surface area contributed by atoms with Crippen molar-refractivity contribution >= 4 is 27.6 Å². The van der Waals surface area contributed by atoms with Crippen LogP contribution in [0.3, 0.4) is 0 Å². The van der Waals surface area contributed by atoms with E-state index in [4.69, 9.17) is 0 Å². The number of fused-ring (bicyclic) bond motifs is 1. The van der Waals surface area contributed by atoms with Gasteiger partial charge in [0.25, 0.3) is 5.91 Å². The molecule has 0 radical (unpaired) electrons. The van der Waals surface area contributed by atoms with Crippen LogP contribution in [0.4, 0.5) is 0 Å². The van der Waals surface area contributed by atoms with E-state index in [0.29, 0.717) is 5.39 Å². The molecule has 0 unspecified atom stereocenters. The lowest BCUT2D eigenvalue weighted by molar-refractivity contribution is 0.0953. The molecule has 118 valence electrons. The molecular formula is C16H20N2O3S. The van der Waals surface area contributed by atoms with E-state index < -0.39 is 16.7 Å². The maximum Gasteiger partial charge on any atom is 0.256 e. The summed E-state index contributed by atoms with van der Waals surface area (Å²) in [6.07, 6.45) is 3.03. The molecule has 6 heteroatoms. The molecule has 2 rings (SSSR count). The summed E-state index contributed by atoms with van der Waals surface area (Å²) in [5.41, 5.74) is 2.47. The number of nitrogens with one attached hydrogen (secondary N) is 2. The van der Waals surface area contributed by atoms with E-state index in [2.05, 4.69) is 10.3 Å². The first-order valence-electron chi connectivity index (χ1n) is 7.04. The largest absolute Gasteiger partial charge is 0.360 e. The van der Waals surface area contributed by atoms with Gasteiger partial charge >= 0.3 is 0 Å². The summed E-state index contributed by atoms with van der Waals surface area (Å²) in [6, 6.07) is 3.76. The fourth-order valence-electron chi connectivity index (χ4n) is 2.31. The number of aryl methyl sites for hydroxylation is 2. The Labute approximate surface area is 131 Å². The van der Waals surface area contributed by atoms with Crippen molar-refractivity contribution in [1.82, 2.24) is 10.3 Å². The van der Waals surface area contributed by atoms with Crippen molar-refractivity contribution in [2.45, 2.75) is 26.0 Å². The van der Waals surface area contributed by atoms with E-state index in [-0.39, 0.29) is 22.8 Å². The predicted molar refractivity (Wildman–Crippen MR) is 89.9 cm³/mol. The van der Waals surface area contributed by atoms with Gasteiger partial charge in [-0.05, 0) is 38.0 Å². The summed E-state index contributed by atoms with van der Waals surface area (Å²) >= 11 is 0. The SMILES string of the molecule is Cc1cc(C)c2[nH]cc(C(=O)NC[C@H](C)[S@](C)=O)c(=O)c2c1. The lowest BCUT2D eigenvalue weighted by Crippen LogP contribution is -2.35. The van der Waals surface area contributed by atoms with E-state index in [9.17, 15) is 13.8 Å². The Bertz CT molecular complexity index is 811. The highest BCUT2D eigenvalue weighted by Gasteiger charge is 2.15. The molecule has 1 amide bonds. The van der Waals surface area contributed by atoms with Crippen molar-refractivity contribution in [3.05, 3.63) is 45.2 Å². The van der Waals surface area contributed by atoms with Crippen molar-refractivity contribution in [2.75, 3.05) is 12.8 Å². The minimum atomic E-state index is -1.02. The van der Waals surface area contributed by atoms with Crippen molar-refractivity contribution in [3.63, 3.8) is 0 Å². The third-order valence-electron chi connectivity index (χ3n) is 3.69. The molecule has 1 aromatic carbocycles. The van der Waals surface area contributed by atoms with Crippen LogP contribution < -0.4 is 10.7 Å². The number of aromatic amines is 1. The Kier molecular flexibility index (Phi) is 4.81. The number of rotatable bonds is 4. The standard InChI is InChI=1S/C16H20N2O3S/c1-9-5-10(2)14-12(6-9)15(19)13(8-17-14)16(20)18-7-11(3)22(4)21/h5-6,8,11H,7H2,1-4H3,(H,17,19)(H,18,20)/t11-,22-/m0/s1. The number of hydrogen-bond acceptors (Lipinski definition) is 3. The molecule has 0 aliphatic heterocycles. The van der Waals surface area contributed by atoms with Crippen molar-refractivity contribution in [3.8, 4) is 0 Å². The minimum absolute atomic E-state index is 0.0755. The number of aromatic nitrogens is 1. The zero-order valence-corrected chi connectivity index (χ0v) is 14.0. The fourth-order valence-corrected chi connectivity index (χ4v) is 2.63. The Morgan fingerprint density at radius 1 is 1.36 bits per heavy atom. The normalized spacial score (nSPS) is 13.8. The molecule has 2 atom stereocenters. The number of H-pyrrole nitrogens is 1. The average Bonchev–Trinajstić information content (AvgIpc) is 2.45. The van der Waals surface area contributed by atoms with Crippen LogP contribution in [0.1, 0.15) is 28.4 Å². The zero-order valence-electron chi connectivity index (χ0n) is 13.1. The van der Waals surface area contributed by atoms with Gasteiger partial charge in [-0.25, -0.2) is 0 Å². The molecule has 1 heterocycles. The predicted octanol–water partition coefficient (Wildman–Crippen LogP) is 1.64. The summed E-state index contributed by atoms with van der Waals surface area (Å²) in [4.78, 5) is 27.7. The van der Waals surface area contributed by atoms with Crippen molar-refractivity contribution < 1.29 is 9.00 Å². The molecule has 1 aromatic heterocycles. The Balaban J connectivity index is 2.36. The molecule has 22 heavy (non-hydrogen) atoms. The summed E-state index contributed by atoms with van der Waals surface area (Å²) in [5.74, 6) is -0.445. The van der Waals surface area contributed by atoms with Crippen LogP contribution in [0.2, 0.25) is 0 Å². The molecule has 2 N–H and O–H groups in total. The highest BCUT2D eigenvalue weighted by Crippen LogP contribution is 2.15. The maximum atomic E-state index is 12.5. The average molecular weight is 320 g/mol. The molecule has 0 bridgehead atoms. The first kappa shape index (κ1) is 16.4. The summed E-state index contributed by atoms with van der Waals surface area (Å²) in [5, 5.41) is 3.01. The molecule has 0 aliphatic carbocycles. The molecule has 0 spiro atoms. The Morgan fingerprint density at radius 3 is 2.68 bits per heavy atom. The summed E-state index contributed by atoms with van der Waals surface area (Å²) in [6.45, 7) is 5.89. The number of pyridine rings is 1. The topological polar surface area (TPSA) is 79.0 Å². The lowest BCUT2D eigenvalue weighted by atomic mass is 10.0. The zero-order chi connectivity index (χ0) is 16.4. The number of amides is 1. The number of carbonyl (C=O) groups excluding carboxylic acids is 1.